The Morgan fingerprint density at radius 2 is 1.70 bits per heavy atom. The molecule has 1 aliphatic heterocycles. The van der Waals surface area contributed by atoms with Gasteiger partial charge in [-0.15, -0.1) is 0 Å². The summed E-state index contributed by atoms with van der Waals surface area (Å²) in [6, 6.07) is 19.0. The molecule has 196 valence electrons. The molecule has 8 heteroatoms. The molecule has 1 heterocycles. The smallest absolute Gasteiger partial charge is 0.317 e. The summed E-state index contributed by atoms with van der Waals surface area (Å²) in [6.45, 7) is 6.35. The van der Waals surface area contributed by atoms with Crippen LogP contribution in [-0.2, 0) is 19.6 Å². The van der Waals surface area contributed by atoms with Gasteiger partial charge in [0.15, 0.2) is 0 Å². The number of hydrogen-bond donors (Lipinski definition) is 1. The summed E-state index contributed by atoms with van der Waals surface area (Å²) < 4.78 is 6.96. The third-order valence-corrected chi connectivity index (χ3v) is 7.60. The van der Waals surface area contributed by atoms with Crippen LogP contribution < -0.4 is 10.1 Å². The third-order valence-electron chi connectivity index (χ3n) is 6.67. The van der Waals surface area contributed by atoms with Gasteiger partial charge in [0.2, 0.25) is 0 Å². The van der Waals surface area contributed by atoms with E-state index in [1.165, 1.54) is 18.4 Å². The van der Waals surface area contributed by atoms with Crippen LogP contribution in [-0.4, -0.2) is 36.0 Å². The minimum Gasteiger partial charge on any atom is -0.457 e. The van der Waals surface area contributed by atoms with Gasteiger partial charge in [-0.05, 0) is 73.3 Å². The molecule has 0 spiro atoms. The molecule has 1 aliphatic rings. The number of carbonyl (C=O) groups is 1. The van der Waals surface area contributed by atoms with E-state index in [1.54, 1.807) is 30.1 Å². The summed E-state index contributed by atoms with van der Waals surface area (Å²) in [7, 11) is 1.78. The molecule has 0 bridgehead atoms. The van der Waals surface area contributed by atoms with Gasteiger partial charge in [0.25, 0.3) is 0 Å². The zero-order chi connectivity index (χ0) is 26.4. The Hall–Kier alpha value is -2.25. The van der Waals surface area contributed by atoms with Crippen molar-refractivity contribution in [1.82, 2.24) is 15.1 Å². The van der Waals surface area contributed by atoms with Gasteiger partial charge in [-0.1, -0.05) is 76.4 Å². The van der Waals surface area contributed by atoms with Gasteiger partial charge in [-0.25, -0.2) is 4.79 Å². The average molecular weight is 605 g/mol. The molecular weight excluding hydrogens is 573 g/mol. The highest BCUT2D eigenvalue weighted by molar-refractivity contribution is 9.10. The number of ether oxygens (including phenoxy) is 1. The van der Waals surface area contributed by atoms with E-state index >= 15 is 0 Å². The molecule has 4 rings (SSSR count). The predicted octanol–water partition coefficient (Wildman–Crippen LogP) is 8.12. The predicted molar refractivity (Wildman–Crippen MR) is 154 cm³/mol. The van der Waals surface area contributed by atoms with E-state index in [9.17, 15) is 4.79 Å². The fraction of sp³-hybridized carbons (Fsp3) is 0.345. The van der Waals surface area contributed by atoms with Crippen molar-refractivity contribution in [2.75, 3.05) is 20.1 Å². The summed E-state index contributed by atoms with van der Waals surface area (Å²) in [5.74, 6) is 1.96. The first-order valence-corrected chi connectivity index (χ1v) is 14.0. The van der Waals surface area contributed by atoms with E-state index in [0.29, 0.717) is 34.6 Å². The van der Waals surface area contributed by atoms with Crippen LogP contribution in [0.5, 0.6) is 11.5 Å². The van der Waals surface area contributed by atoms with Crippen molar-refractivity contribution in [3.8, 4) is 11.5 Å². The molecule has 3 aromatic carbocycles. The van der Waals surface area contributed by atoms with E-state index in [4.69, 9.17) is 27.9 Å². The number of rotatable bonds is 8. The Bertz CT molecular complexity index is 1210. The van der Waals surface area contributed by atoms with Gasteiger partial charge < -0.3 is 15.0 Å². The van der Waals surface area contributed by atoms with Crippen molar-refractivity contribution in [2.45, 2.75) is 39.4 Å². The van der Waals surface area contributed by atoms with Crippen LogP contribution in [0.3, 0.4) is 0 Å². The SMILES string of the molecule is CC1CCN(Cc2ccccc2CNC(=O)N(C)Cc2ccc(Br)cc2Oc2cc(Cl)cc(Cl)c2)CC1. The topological polar surface area (TPSA) is 44.8 Å². The standard InChI is InChI=1S/C29H32BrCl2N3O2/c1-20-9-11-35(12-10-20)19-22-6-4-3-5-21(22)17-33-29(36)34(2)18-23-7-8-24(30)13-28(23)37-27-15-25(31)14-26(32)16-27/h3-8,13-16,20H,9-12,17-19H2,1-2H3,(H,33,36). The van der Waals surface area contributed by atoms with Crippen LogP contribution in [0.2, 0.25) is 10.0 Å². The molecule has 0 radical (unpaired) electrons. The first kappa shape index (κ1) is 27.8. The normalized spacial score (nSPS) is 14.4. The van der Waals surface area contributed by atoms with E-state index in [1.807, 2.05) is 24.3 Å². The molecule has 37 heavy (non-hydrogen) atoms. The number of hydrogen-bond acceptors (Lipinski definition) is 3. The second kappa shape index (κ2) is 13.0. The summed E-state index contributed by atoms with van der Waals surface area (Å²) in [4.78, 5) is 17.2. The number of likely N-dealkylation sites (tertiary alicyclic amines) is 1. The lowest BCUT2D eigenvalue weighted by atomic mass is 9.98. The first-order chi connectivity index (χ1) is 17.8. The molecule has 2 amide bonds. The minimum atomic E-state index is -0.152. The van der Waals surface area contributed by atoms with Crippen molar-refractivity contribution >= 4 is 45.2 Å². The van der Waals surface area contributed by atoms with E-state index < -0.39 is 0 Å². The number of amides is 2. The fourth-order valence-electron chi connectivity index (χ4n) is 4.45. The highest BCUT2D eigenvalue weighted by Gasteiger charge is 2.18. The lowest BCUT2D eigenvalue weighted by molar-refractivity contribution is 0.184. The number of benzene rings is 3. The van der Waals surface area contributed by atoms with Gasteiger partial charge in [-0.2, -0.15) is 0 Å². The minimum absolute atomic E-state index is 0.152. The number of nitrogens with zero attached hydrogens (tertiary/aromatic N) is 2. The van der Waals surface area contributed by atoms with Crippen molar-refractivity contribution in [3.05, 3.63) is 91.9 Å². The lowest BCUT2D eigenvalue weighted by Crippen LogP contribution is -2.37. The maximum absolute atomic E-state index is 13.0. The number of nitrogens with one attached hydrogen (secondary N) is 1. The summed E-state index contributed by atoms with van der Waals surface area (Å²) in [5, 5.41) is 4.07. The van der Waals surface area contributed by atoms with Crippen LogP contribution in [0.1, 0.15) is 36.5 Å². The summed E-state index contributed by atoms with van der Waals surface area (Å²) in [6.07, 6.45) is 2.49. The molecule has 5 nitrogen and oxygen atoms in total. The van der Waals surface area contributed by atoms with E-state index in [0.717, 1.165) is 41.2 Å². The molecule has 0 unspecified atom stereocenters. The first-order valence-electron chi connectivity index (χ1n) is 12.5. The Balaban J connectivity index is 1.38. The average Bonchev–Trinajstić information content (AvgIpc) is 2.85. The number of piperidine rings is 1. The number of halogens is 3. The highest BCUT2D eigenvalue weighted by atomic mass is 79.9. The number of urea groups is 1. The Kier molecular flexibility index (Phi) is 9.77. The molecule has 0 aliphatic carbocycles. The van der Waals surface area contributed by atoms with Gasteiger partial charge >= 0.3 is 6.03 Å². The van der Waals surface area contributed by atoms with Crippen molar-refractivity contribution in [1.29, 1.82) is 0 Å². The number of carbonyl (C=O) groups excluding carboxylic acids is 1. The molecule has 0 atom stereocenters. The molecule has 0 aromatic heterocycles. The van der Waals surface area contributed by atoms with Gasteiger partial charge in [-0.3, -0.25) is 4.90 Å². The largest absolute Gasteiger partial charge is 0.457 e. The Morgan fingerprint density at radius 3 is 2.41 bits per heavy atom. The molecule has 1 fully saturated rings. The molecule has 3 aromatic rings. The molecule has 0 saturated carbocycles. The van der Waals surface area contributed by atoms with Gasteiger partial charge in [0.05, 0.1) is 6.54 Å². The Morgan fingerprint density at radius 1 is 1.03 bits per heavy atom. The second-order valence-electron chi connectivity index (χ2n) is 9.70. The quantitative estimate of drug-likeness (QED) is 0.282. The second-order valence-corrected chi connectivity index (χ2v) is 11.5. The molecule has 1 saturated heterocycles. The van der Waals surface area contributed by atoms with Crippen molar-refractivity contribution in [2.24, 2.45) is 5.92 Å². The van der Waals surface area contributed by atoms with Crippen molar-refractivity contribution in [3.63, 3.8) is 0 Å². The summed E-state index contributed by atoms with van der Waals surface area (Å²) in [5.41, 5.74) is 3.27. The third kappa shape index (κ3) is 8.11. The highest BCUT2D eigenvalue weighted by Crippen LogP contribution is 2.32. The van der Waals surface area contributed by atoms with Crippen LogP contribution in [0.15, 0.2) is 65.1 Å². The molecular formula is C29H32BrCl2N3O2. The van der Waals surface area contributed by atoms with Crippen molar-refractivity contribution < 1.29 is 9.53 Å². The fourth-order valence-corrected chi connectivity index (χ4v) is 5.29. The zero-order valence-electron chi connectivity index (χ0n) is 21.1. The van der Waals surface area contributed by atoms with Crippen LogP contribution >= 0.6 is 39.1 Å². The zero-order valence-corrected chi connectivity index (χ0v) is 24.2. The van der Waals surface area contributed by atoms with E-state index in [-0.39, 0.29) is 6.03 Å². The lowest BCUT2D eigenvalue weighted by Gasteiger charge is -2.30. The molecule has 1 N–H and O–H groups in total. The summed E-state index contributed by atoms with van der Waals surface area (Å²) >= 11 is 15.8. The van der Waals surface area contributed by atoms with Crippen LogP contribution in [0.25, 0.3) is 0 Å². The van der Waals surface area contributed by atoms with Gasteiger partial charge in [0.1, 0.15) is 11.5 Å². The van der Waals surface area contributed by atoms with Crippen LogP contribution in [0.4, 0.5) is 4.79 Å². The van der Waals surface area contributed by atoms with Gasteiger partial charge in [0, 0.05) is 40.2 Å². The maximum atomic E-state index is 13.0. The Labute approximate surface area is 237 Å². The van der Waals surface area contributed by atoms with Crippen LogP contribution in [0, 0.1) is 5.92 Å². The maximum Gasteiger partial charge on any atom is 0.317 e. The van der Waals surface area contributed by atoms with E-state index in [2.05, 4.69) is 51.3 Å². The monoisotopic (exact) mass is 603 g/mol.